The zero-order valence-corrected chi connectivity index (χ0v) is 16.3. The second kappa shape index (κ2) is 7.59. The molecule has 140 valence electrons. The second-order valence-corrected chi connectivity index (χ2v) is 9.17. The van der Waals surface area contributed by atoms with E-state index in [0.29, 0.717) is 10.6 Å². The summed E-state index contributed by atoms with van der Waals surface area (Å²) in [7, 11) is -0.591. The van der Waals surface area contributed by atoms with Gasteiger partial charge in [-0.3, -0.25) is 4.79 Å². The monoisotopic (exact) mass is 404 g/mol. The van der Waals surface area contributed by atoms with Gasteiger partial charge in [-0.15, -0.1) is 11.3 Å². The summed E-state index contributed by atoms with van der Waals surface area (Å²) in [4.78, 5) is 13.9. The Morgan fingerprint density at radius 1 is 0.963 bits per heavy atom. The van der Waals surface area contributed by atoms with Crippen molar-refractivity contribution in [3.05, 3.63) is 71.4 Å². The Morgan fingerprint density at radius 2 is 1.59 bits per heavy atom. The van der Waals surface area contributed by atoms with Crippen LogP contribution >= 0.6 is 11.3 Å². The van der Waals surface area contributed by atoms with Crippen molar-refractivity contribution in [2.75, 3.05) is 19.4 Å². The Morgan fingerprint density at radius 3 is 2.19 bits per heavy atom. The number of anilines is 1. The molecule has 1 N–H and O–H groups in total. The third-order valence-electron chi connectivity index (χ3n) is 3.85. The maximum absolute atomic E-state index is 13.0. The Kier molecular flexibility index (Phi) is 5.41. The standard InChI is InChI=1S/C19H17FN2O3S2/c1-22(2)27(24,25)16-9-7-15(8-10-16)21-19(23)18-12-11-17(26-18)13-3-5-14(20)6-4-13/h3-12H,1-2H3,(H,21,23). The van der Waals surface area contributed by atoms with Crippen LogP contribution in [-0.2, 0) is 10.0 Å². The topological polar surface area (TPSA) is 66.5 Å². The number of benzene rings is 2. The summed E-state index contributed by atoms with van der Waals surface area (Å²) in [6.45, 7) is 0. The first-order valence-electron chi connectivity index (χ1n) is 7.97. The lowest BCUT2D eigenvalue weighted by Crippen LogP contribution is -2.22. The van der Waals surface area contributed by atoms with Crippen molar-refractivity contribution >= 4 is 33.0 Å². The van der Waals surface area contributed by atoms with Crippen molar-refractivity contribution in [3.8, 4) is 10.4 Å². The lowest BCUT2D eigenvalue weighted by atomic mass is 10.2. The normalized spacial score (nSPS) is 11.6. The number of hydrogen-bond acceptors (Lipinski definition) is 4. The van der Waals surface area contributed by atoms with Crippen LogP contribution in [-0.4, -0.2) is 32.7 Å². The van der Waals surface area contributed by atoms with Crippen LogP contribution in [0.1, 0.15) is 9.67 Å². The van der Waals surface area contributed by atoms with Gasteiger partial charge in [0.25, 0.3) is 5.91 Å². The average molecular weight is 404 g/mol. The quantitative estimate of drug-likeness (QED) is 0.697. The van der Waals surface area contributed by atoms with Crippen molar-refractivity contribution in [1.82, 2.24) is 4.31 Å². The number of rotatable bonds is 5. The summed E-state index contributed by atoms with van der Waals surface area (Å²) < 4.78 is 38.3. The summed E-state index contributed by atoms with van der Waals surface area (Å²) in [5.74, 6) is -0.607. The molecule has 5 nitrogen and oxygen atoms in total. The summed E-state index contributed by atoms with van der Waals surface area (Å²) >= 11 is 1.29. The first kappa shape index (κ1) is 19.2. The van der Waals surface area contributed by atoms with Gasteiger partial charge in [0.15, 0.2) is 0 Å². The molecule has 1 aromatic heterocycles. The molecule has 0 radical (unpaired) electrons. The van der Waals surface area contributed by atoms with E-state index in [9.17, 15) is 17.6 Å². The van der Waals surface area contributed by atoms with E-state index in [1.54, 1.807) is 36.4 Å². The second-order valence-electron chi connectivity index (χ2n) is 5.94. The van der Waals surface area contributed by atoms with E-state index in [2.05, 4.69) is 5.32 Å². The number of sulfonamides is 1. The summed E-state index contributed by atoms with van der Waals surface area (Å²) in [5, 5.41) is 2.74. The number of nitrogens with one attached hydrogen (secondary N) is 1. The number of thiophene rings is 1. The van der Waals surface area contributed by atoms with Crippen molar-refractivity contribution in [1.29, 1.82) is 0 Å². The number of halogens is 1. The van der Waals surface area contributed by atoms with Gasteiger partial charge in [-0.25, -0.2) is 17.1 Å². The number of carbonyl (C=O) groups is 1. The fraction of sp³-hybridized carbons (Fsp3) is 0.105. The van der Waals surface area contributed by atoms with Crippen LogP contribution in [0, 0.1) is 5.82 Å². The van der Waals surface area contributed by atoms with Gasteiger partial charge in [-0.1, -0.05) is 12.1 Å². The van der Waals surface area contributed by atoms with Crippen LogP contribution in [0.15, 0.2) is 65.6 Å². The zero-order valence-electron chi connectivity index (χ0n) is 14.6. The van der Waals surface area contributed by atoms with Gasteiger partial charge in [-0.05, 0) is 54.1 Å². The fourth-order valence-corrected chi connectivity index (χ4v) is 4.15. The average Bonchev–Trinajstić information content (AvgIpc) is 3.13. The van der Waals surface area contributed by atoms with Gasteiger partial charge in [0, 0.05) is 24.7 Å². The lowest BCUT2D eigenvalue weighted by Gasteiger charge is -2.11. The number of hydrogen-bond donors (Lipinski definition) is 1. The minimum Gasteiger partial charge on any atom is -0.321 e. The SMILES string of the molecule is CN(C)S(=O)(=O)c1ccc(NC(=O)c2ccc(-c3ccc(F)cc3)s2)cc1. The molecule has 1 amide bonds. The minimum absolute atomic E-state index is 0.153. The van der Waals surface area contributed by atoms with Gasteiger partial charge in [0.2, 0.25) is 10.0 Å². The molecule has 2 aromatic carbocycles. The highest BCUT2D eigenvalue weighted by atomic mass is 32.2. The van der Waals surface area contributed by atoms with E-state index < -0.39 is 10.0 Å². The molecular weight excluding hydrogens is 387 g/mol. The van der Waals surface area contributed by atoms with Crippen LogP contribution < -0.4 is 5.32 Å². The van der Waals surface area contributed by atoms with Crippen molar-refractivity contribution < 1.29 is 17.6 Å². The number of nitrogens with zero attached hydrogens (tertiary/aromatic N) is 1. The first-order valence-corrected chi connectivity index (χ1v) is 10.2. The van der Waals surface area contributed by atoms with Crippen molar-refractivity contribution in [3.63, 3.8) is 0 Å². The van der Waals surface area contributed by atoms with E-state index in [1.165, 1.54) is 49.7 Å². The third kappa shape index (κ3) is 4.24. The molecule has 27 heavy (non-hydrogen) atoms. The van der Waals surface area contributed by atoms with E-state index in [-0.39, 0.29) is 16.6 Å². The zero-order chi connectivity index (χ0) is 19.6. The highest BCUT2D eigenvalue weighted by molar-refractivity contribution is 7.89. The third-order valence-corrected chi connectivity index (χ3v) is 6.81. The molecule has 0 atom stereocenters. The van der Waals surface area contributed by atoms with Crippen molar-refractivity contribution in [2.45, 2.75) is 4.90 Å². The molecule has 3 rings (SSSR count). The number of amides is 1. The Hall–Kier alpha value is -2.55. The minimum atomic E-state index is -3.51. The van der Waals surface area contributed by atoms with Crippen LogP contribution in [0.5, 0.6) is 0 Å². The van der Waals surface area contributed by atoms with Gasteiger partial charge < -0.3 is 5.32 Å². The van der Waals surface area contributed by atoms with Crippen molar-refractivity contribution in [2.24, 2.45) is 0 Å². The maximum atomic E-state index is 13.0. The highest BCUT2D eigenvalue weighted by Crippen LogP contribution is 2.29. The van der Waals surface area contributed by atoms with E-state index in [0.717, 1.165) is 14.7 Å². The predicted molar refractivity (Wildman–Crippen MR) is 105 cm³/mol. The van der Waals surface area contributed by atoms with Crippen LogP contribution in [0.25, 0.3) is 10.4 Å². The van der Waals surface area contributed by atoms with Crippen LogP contribution in [0.3, 0.4) is 0 Å². The molecular formula is C19H17FN2O3S2. The molecule has 0 aliphatic rings. The molecule has 0 saturated carbocycles. The molecule has 8 heteroatoms. The van der Waals surface area contributed by atoms with E-state index >= 15 is 0 Å². The summed E-state index contributed by atoms with van der Waals surface area (Å²) in [5.41, 5.74) is 1.33. The maximum Gasteiger partial charge on any atom is 0.265 e. The van der Waals surface area contributed by atoms with Gasteiger partial charge in [0.05, 0.1) is 9.77 Å². The first-order chi connectivity index (χ1) is 12.8. The summed E-state index contributed by atoms with van der Waals surface area (Å²) in [6, 6.07) is 15.6. The Labute approximate surface area is 161 Å². The summed E-state index contributed by atoms with van der Waals surface area (Å²) in [6.07, 6.45) is 0. The van der Waals surface area contributed by atoms with E-state index in [1.807, 2.05) is 0 Å². The molecule has 3 aromatic rings. The molecule has 0 fully saturated rings. The smallest absolute Gasteiger partial charge is 0.265 e. The molecule has 0 aliphatic heterocycles. The largest absolute Gasteiger partial charge is 0.321 e. The van der Waals surface area contributed by atoms with Gasteiger partial charge in [0.1, 0.15) is 5.82 Å². The molecule has 0 spiro atoms. The molecule has 0 unspecified atom stereocenters. The lowest BCUT2D eigenvalue weighted by molar-refractivity contribution is 0.103. The molecule has 0 aliphatic carbocycles. The van der Waals surface area contributed by atoms with E-state index in [4.69, 9.17) is 0 Å². The predicted octanol–water partition coefficient (Wildman–Crippen LogP) is 4.06. The Balaban J connectivity index is 1.73. The molecule has 0 bridgehead atoms. The molecule has 0 saturated heterocycles. The van der Waals surface area contributed by atoms with Gasteiger partial charge >= 0.3 is 0 Å². The van der Waals surface area contributed by atoms with Crippen LogP contribution in [0.4, 0.5) is 10.1 Å². The highest BCUT2D eigenvalue weighted by Gasteiger charge is 2.17. The van der Waals surface area contributed by atoms with Gasteiger partial charge in [-0.2, -0.15) is 0 Å². The Bertz CT molecular complexity index is 1060. The van der Waals surface area contributed by atoms with Crippen LogP contribution in [0.2, 0.25) is 0 Å². The number of carbonyl (C=O) groups excluding carboxylic acids is 1. The molecule has 1 heterocycles. The fourth-order valence-electron chi connectivity index (χ4n) is 2.34.